The van der Waals surface area contributed by atoms with E-state index in [1.54, 1.807) is 6.07 Å². The third-order valence-electron chi connectivity index (χ3n) is 5.95. The fourth-order valence-corrected chi connectivity index (χ4v) is 5.20. The first-order chi connectivity index (χ1) is 13.5. The highest BCUT2D eigenvalue weighted by Gasteiger charge is 2.49. The van der Waals surface area contributed by atoms with E-state index >= 15 is 0 Å². The second-order valence-corrected chi connectivity index (χ2v) is 9.80. The SMILES string of the molecule is N#CC12CCC(NC(=O)c3ccccc3NS(=O)(=O)CCC(F)(F)F)(CC1)CC2. The van der Waals surface area contributed by atoms with Crippen molar-refractivity contribution >= 4 is 21.6 Å². The number of nitrogens with one attached hydrogen (secondary N) is 2. The van der Waals surface area contributed by atoms with Crippen molar-refractivity contribution in [3.63, 3.8) is 0 Å². The average molecular weight is 429 g/mol. The number of fused-ring (bicyclic) bond motifs is 3. The van der Waals surface area contributed by atoms with Crippen LogP contribution in [-0.4, -0.2) is 31.8 Å². The molecule has 0 spiro atoms. The second kappa shape index (κ2) is 7.52. The molecule has 3 fully saturated rings. The minimum absolute atomic E-state index is 0.0541. The number of alkyl halides is 3. The van der Waals surface area contributed by atoms with E-state index in [0.29, 0.717) is 38.5 Å². The summed E-state index contributed by atoms with van der Waals surface area (Å²) in [7, 11) is -4.27. The van der Waals surface area contributed by atoms with E-state index in [2.05, 4.69) is 16.1 Å². The summed E-state index contributed by atoms with van der Waals surface area (Å²) in [6, 6.07) is 8.23. The number of anilines is 1. The molecule has 1 aromatic rings. The van der Waals surface area contributed by atoms with Gasteiger partial charge in [-0.3, -0.25) is 9.52 Å². The van der Waals surface area contributed by atoms with Gasteiger partial charge < -0.3 is 5.32 Å². The lowest BCUT2D eigenvalue weighted by molar-refractivity contribution is -0.129. The van der Waals surface area contributed by atoms with Gasteiger partial charge in [0.1, 0.15) is 0 Å². The van der Waals surface area contributed by atoms with E-state index in [1.165, 1.54) is 18.2 Å². The molecule has 0 heterocycles. The van der Waals surface area contributed by atoms with Gasteiger partial charge in [0.15, 0.2) is 0 Å². The Hall–Kier alpha value is -2.28. The van der Waals surface area contributed by atoms with Gasteiger partial charge in [-0.25, -0.2) is 8.42 Å². The third kappa shape index (κ3) is 5.01. The summed E-state index contributed by atoms with van der Waals surface area (Å²) in [6.45, 7) is 0. The highest BCUT2D eigenvalue weighted by atomic mass is 32.2. The number of rotatable bonds is 6. The average Bonchev–Trinajstić information content (AvgIpc) is 2.67. The van der Waals surface area contributed by atoms with Crippen LogP contribution in [0, 0.1) is 16.7 Å². The standard InChI is InChI=1S/C19H22F3N3O3S/c20-19(21,22)11-12-29(27,28)25-15-4-2-1-3-14(15)16(26)24-18-8-5-17(13-23,6-9-18)7-10-18/h1-4,25H,5-12H2,(H,24,26). The van der Waals surface area contributed by atoms with Gasteiger partial charge >= 0.3 is 6.18 Å². The first-order valence-electron chi connectivity index (χ1n) is 9.37. The van der Waals surface area contributed by atoms with Gasteiger partial charge in [0, 0.05) is 5.54 Å². The predicted octanol–water partition coefficient (Wildman–Crippen LogP) is 3.73. The van der Waals surface area contributed by atoms with Crippen LogP contribution >= 0.6 is 0 Å². The lowest BCUT2D eigenvalue weighted by atomic mass is 9.58. The minimum atomic E-state index is -4.59. The zero-order valence-electron chi connectivity index (χ0n) is 15.7. The number of amides is 1. The topological polar surface area (TPSA) is 99.1 Å². The number of hydrogen-bond donors (Lipinski definition) is 2. The maximum atomic E-state index is 12.9. The Morgan fingerprint density at radius 1 is 1.10 bits per heavy atom. The summed E-state index contributed by atoms with van der Waals surface area (Å²) in [4.78, 5) is 12.9. The van der Waals surface area contributed by atoms with Crippen LogP contribution in [0.2, 0.25) is 0 Å². The molecule has 3 saturated carbocycles. The number of carbonyl (C=O) groups is 1. The molecule has 2 bridgehead atoms. The normalized spacial score (nSPS) is 26.6. The van der Waals surface area contributed by atoms with E-state index < -0.39 is 39.8 Å². The van der Waals surface area contributed by atoms with Gasteiger partial charge in [-0.1, -0.05) is 12.1 Å². The molecule has 0 saturated heterocycles. The van der Waals surface area contributed by atoms with Crippen molar-refractivity contribution in [2.75, 3.05) is 10.5 Å². The molecule has 1 aromatic carbocycles. The van der Waals surface area contributed by atoms with Crippen molar-refractivity contribution in [2.45, 2.75) is 56.7 Å². The molecule has 6 nitrogen and oxygen atoms in total. The predicted molar refractivity (Wildman–Crippen MR) is 100 cm³/mol. The Labute approximate surface area is 167 Å². The molecule has 0 radical (unpaired) electrons. The Morgan fingerprint density at radius 2 is 1.69 bits per heavy atom. The Balaban J connectivity index is 1.72. The Morgan fingerprint density at radius 3 is 2.24 bits per heavy atom. The van der Waals surface area contributed by atoms with Crippen molar-refractivity contribution in [3.05, 3.63) is 29.8 Å². The van der Waals surface area contributed by atoms with Crippen LogP contribution in [0.25, 0.3) is 0 Å². The molecule has 0 atom stereocenters. The molecule has 3 aliphatic carbocycles. The van der Waals surface area contributed by atoms with Crippen molar-refractivity contribution in [3.8, 4) is 6.07 Å². The van der Waals surface area contributed by atoms with Gasteiger partial charge in [0.25, 0.3) is 5.91 Å². The van der Waals surface area contributed by atoms with Gasteiger partial charge in [-0.15, -0.1) is 0 Å². The molecular formula is C19H22F3N3O3S. The zero-order chi connectivity index (χ0) is 21.3. The molecule has 4 rings (SSSR count). The minimum Gasteiger partial charge on any atom is -0.347 e. The van der Waals surface area contributed by atoms with Crippen LogP contribution in [0.4, 0.5) is 18.9 Å². The number of halogens is 3. The van der Waals surface area contributed by atoms with Gasteiger partial charge in [-0.05, 0) is 50.7 Å². The van der Waals surface area contributed by atoms with E-state index in [1.807, 2.05) is 0 Å². The van der Waals surface area contributed by atoms with Crippen molar-refractivity contribution in [2.24, 2.45) is 5.41 Å². The van der Waals surface area contributed by atoms with Crippen LogP contribution in [0.1, 0.15) is 55.3 Å². The second-order valence-electron chi connectivity index (χ2n) is 7.96. The molecule has 0 unspecified atom stereocenters. The molecule has 158 valence electrons. The number of sulfonamides is 1. The number of nitriles is 1. The Bertz CT molecular complexity index is 913. The largest absolute Gasteiger partial charge is 0.390 e. The summed E-state index contributed by atoms with van der Waals surface area (Å²) >= 11 is 0. The van der Waals surface area contributed by atoms with Crippen molar-refractivity contribution < 1.29 is 26.4 Å². The molecular weight excluding hydrogens is 407 g/mol. The van der Waals surface area contributed by atoms with Gasteiger partial charge in [-0.2, -0.15) is 18.4 Å². The summed E-state index contributed by atoms with van der Waals surface area (Å²) in [6.07, 6.45) is -1.93. The smallest absolute Gasteiger partial charge is 0.347 e. The van der Waals surface area contributed by atoms with Crippen LogP contribution in [0.15, 0.2) is 24.3 Å². The first kappa shape index (κ1) is 21.4. The number of hydrogen-bond acceptors (Lipinski definition) is 4. The molecule has 0 aliphatic heterocycles. The van der Waals surface area contributed by atoms with Crippen LogP contribution < -0.4 is 10.0 Å². The monoisotopic (exact) mass is 429 g/mol. The van der Waals surface area contributed by atoms with E-state index in [-0.39, 0.29) is 16.7 Å². The van der Waals surface area contributed by atoms with Crippen molar-refractivity contribution in [1.29, 1.82) is 5.26 Å². The summed E-state index contributed by atoms with van der Waals surface area (Å²) in [5.74, 6) is -1.60. The molecule has 29 heavy (non-hydrogen) atoms. The maximum Gasteiger partial charge on any atom is 0.390 e. The fraction of sp³-hybridized carbons (Fsp3) is 0.579. The van der Waals surface area contributed by atoms with Crippen LogP contribution in [-0.2, 0) is 10.0 Å². The van der Waals surface area contributed by atoms with E-state index in [0.717, 1.165) is 0 Å². The number of benzene rings is 1. The van der Waals surface area contributed by atoms with Crippen molar-refractivity contribution in [1.82, 2.24) is 5.32 Å². The zero-order valence-corrected chi connectivity index (χ0v) is 16.5. The summed E-state index contributed by atoms with van der Waals surface area (Å²) in [5, 5.41) is 12.4. The first-order valence-corrected chi connectivity index (χ1v) is 11.0. The number of para-hydroxylation sites is 1. The molecule has 2 N–H and O–H groups in total. The molecule has 1 amide bonds. The molecule has 3 aliphatic rings. The van der Waals surface area contributed by atoms with E-state index in [4.69, 9.17) is 0 Å². The lowest BCUT2D eigenvalue weighted by Gasteiger charge is -2.50. The summed E-state index contributed by atoms with van der Waals surface area (Å²) in [5.41, 5.74) is -0.738. The summed E-state index contributed by atoms with van der Waals surface area (Å²) < 4.78 is 63.2. The Kier molecular flexibility index (Phi) is 5.56. The molecule has 0 aromatic heterocycles. The lowest BCUT2D eigenvalue weighted by Crippen LogP contribution is -2.56. The maximum absolute atomic E-state index is 12.9. The highest BCUT2D eigenvalue weighted by Crippen LogP contribution is 2.52. The highest BCUT2D eigenvalue weighted by molar-refractivity contribution is 7.92. The fourth-order valence-electron chi connectivity index (χ4n) is 4.09. The number of nitrogens with zero attached hydrogens (tertiary/aromatic N) is 1. The quantitative estimate of drug-likeness (QED) is 0.720. The van der Waals surface area contributed by atoms with Crippen LogP contribution in [0.5, 0.6) is 0 Å². The van der Waals surface area contributed by atoms with Gasteiger partial charge in [0.05, 0.1) is 34.9 Å². The third-order valence-corrected chi connectivity index (χ3v) is 7.23. The number of carbonyl (C=O) groups excluding carboxylic acids is 1. The molecule has 10 heteroatoms. The van der Waals surface area contributed by atoms with E-state index in [9.17, 15) is 31.6 Å². The van der Waals surface area contributed by atoms with Gasteiger partial charge in [0.2, 0.25) is 10.0 Å². The van der Waals surface area contributed by atoms with Crippen LogP contribution in [0.3, 0.4) is 0 Å².